The van der Waals surface area contributed by atoms with Gasteiger partial charge in [-0.25, -0.2) is 4.79 Å². The Morgan fingerprint density at radius 3 is 2.42 bits per heavy atom. The predicted molar refractivity (Wildman–Crippen MR) is 136 cm³/mol. The molecule has 0 unspecified atom stereocenters. The summed E-state index contributed by atoms with van der Waals surface area (Å²) in [6.45, 7) is 1.87. The molecule has 0 radical (unpaired) electrons. The predicted octanol–water partition coefficient (Wildman–Crippen LogP) is 4.26. The van der Waals surface area contributed by atoms with Gasteiger partial charge in [-0.2, -0.15) is 0 Å². The lowest BCUT2D eigenvalue weighted by Gasteiger charge is -2.26. The number of hydrogen-bond acceptors (Lipinski definition) is 7. The van der Waals surface area contributed by atoms with Crippen LogP contribution in [-0.2, 0) is 9.53 Å². The average Bonchev–Trinajstić information content (AvgIpc) is 3.45. The van der Waals surface area contributed by atoms with Gasteiger partial charge in [0.25, 0.3) is 5.91 Å². The first-order valence-electron chi connectivity index (χ1n) is 11.3. The maximum atomic E-state index is 12.7. The number of methoxy groups -OCH3 is 1. The Labute approximate surface area is 212 Å². The van der Waals surface area contributed by atoms with Crippen LogP contribution in [0.15, 0.2) is 60.0 Å². The number of carboxylic acids is 1. The summed E-state index contributed by atoms with van der Waals surface area (Å²) in [5.41, 5.74) is 1.89. The number of amides is 1. The summed E-state index contributed by atoms with van der Waals surface area (Å²) in [6, 6.07) is 13.2. The van der Waals surface area contributed by atoms with E-state index in [0.29, 0.717) is 48.9 Å². The van der Waals surface area contributed by atoms with Gasteiger partial charge in [-0.15, -0.1) is 11.3 Å². The lowest BCUT2D eigenvalue weighted by molar-refractivity contribution is -0.137. The van der Waals surface area contributed by atoms with Crippen LogP contribution in [0, 0.1) is 0 Å². The number of morpholine rings is 1. The summed E-state index contributed by atoms with van der Waals surface area (Å²) in [4.78, 5) is 39.1. The molecule has 1 fully saturated rings. The molecule has 1 saturated heterocycles. The number of thiophene rings is 1. The van der Waals surface area contributed by atoms with Crippen molar-refractivity contribution >= 4 is 35.1 Å². The monoisotopic (exact) mass is 507 g/mol. The normalized spacial score (nSPS) is 13.5. The lowest BCUT2D eigenvalue weighted by atomic mass is 10.0. The number of aromatic carboxylic acids is 1. The zero-order valence-corrected chi connectivity index (χ0v) is 20.5. The van der Waals surface area contributed by atoms with Crippen LogP contribution >= 0.6 is 11.3 Å². The highest BCUT2D eigenvalue weighted by Gasteiger charge is 2.19. The van der Waals surface area contributed by atoms with Crippen molar-refractivity contribution in [2.75, 3.05) is 40.0 Å². The quantitative estimate of drug-likeness (QED) is 0.341. The molecule has 0 spiro atoms. The van der Waals surface area contributed by atoms with Crippen molar-refractivity contribution < 1.29 is 33.7 Å². The lowest BCUT2D eigenvalue weighted by Crippen LogP contribution is -2.43. The van der Waals surface area contributed by atoms with E-state index in [0.717, 1.165) is 10.4 Å². The fourth-order valence-corrected chi connectivity index (χ4v) is 4.46. The second-order valence-corrected chi connectivity index (χ2v) is 8.88. The molecule has 186 valence electrons. The molecule has 9 heteroatoms. The van der Waals surface area contributed by atoms with Gasteiger partial charge in [0.15, 0.2) is 12.4 Å². The maximum Gasteiger partial charge on any atom is 0.335 e. The van der Waals surface area contributed by atoms with Crippen LogP contribution in [0.3, 0.4) is 0 Å². The van der Waals surface area contributed by atoms with Crippen molar-refractivity contribution in [3.8, 4) is 21.9 Å². The Morgan fingerprint density at radius 2 is 1.78 bits per heavy atom. The minimum atomic E-state index is -1.06. The smallest absolute Gasteiger partial charge is 0.335 e. The molecule has 1 N–H and O–H groups in total. The molecule has 0 bridgehead atoms. The van der Waals surface area contributed by atoms with Gasteiger partial charge in [0, 0.05) is 40.7 Å². The molecule has 3 aromatic rings. The highest BCUT2D eigenvalue weighted by molar-refractivity contribution is 7.13. The minimum Gasteiger partial charge on any atom is -0.496 e. The van der Waals surface area contributed by atoms with E-state index in [1.807, 2.05) is 23.6 Å². The molecular formula is C27H25NO7S. The second kappa shape index (κ2) is 11.7. The van der Waals surface area contributed by atoms with Crippen LogP contribution in [0.2, 0.25) is 0 Å². The molecule has 8 nitrogen and oxygen atoms in total. The number of rotatable bonds is 9. The Balaban J connectivity index is 1.61. The van der Waals surface area contributed by atoms with E-state index < -0.39 is 5.97 Å². The number of ketones is 1. The number of nitrogens with zero attached hydrogens (tertiary/aromatic N) is 1. The highest BCUT2D eigenvalue weighted by atomic mass is 32.1. The van der Waals surface area contributed by atoms with E-state index in [4.69, 9.17) is 19.3 Å². The van der Waals surface area contributed by atoms with Crippen molar-refractivity contribution in [2.45, 2.75) is 0 Å². The Hall–Kier alpha value is -3.95. The van der Waals surface area contributed by atoms with E-state index >= 15 is 0 Å². The third-order valence-corrected chi connectivity index (χ3v) is 6.57. The molecule has 4 rings (SSSR count). The number of benzene rings is 2. The number of carboxylic acid groups (broad SMARTS) is 1. The zero-order chi connectivity index (χ0) is 25.5. The van der Waals surface area contributed by atoms with E-state index in [2.05, 4.69) is 0 Å². The molecule has 2 aromatic carbocycles. The van der Waals surface area contributed by atoms with Crippen molar-refractivity contribution in [3.63, 3.8) is 0 Å². The molecule has 36 heavy (non-hydrogen) atoms. The molecule has 1 aliphatic heterocycles. The third-order valence-electron chi connectivity index (χ3n) is 5.66. The van der Waals surface area contributed by atoms with Gasteiger partial charge >= 0.3 is 5.97 Å². The average molecular weight is 508 g/mol. The SMILES string of the molecule is COc1cc(OCC(=O)N2CCOCC2)c(/C=C/C(=O)c2ccc(C(=O)O)cc2)cc1-c1cccs1. The van der Waals surface area contributed by atoms with E-state index in [1.54, 1.807) is 35.5 Å². The van der Waals surface area contributed by atoms with Crippen LogP contribution < -0.4 is 9.47 Å². The first kappa shape index (κ1) is 25.2. The summed E-state index contributed by atoms with van der Waals surface area (Å²) in [6.07, 6.45) is 3.02. The largest absolute Gasteiger partial charge is 0.496 e. The zero-order valence-electron chi connectivity index (χ0n) is 19.6. The molecule has 0 aliphatic carbocycles. The minimum absolute atomic E-state index is 0.104. The van der Waals surface area contributed by atoms with Gasteiger partial charge in [0.2, 0.25) is 0 Å². The standard InChI is InChI=1S/C27H25NO7S/c1-33-24-16-23(35-17-26(30)28-10-12-34-13-11-28)20(15-21(24)25-3-2-14-36-25)8-9-22(29)18-4-6-19(7-5-18)27(31)32/h2-9,14-16H,10-13,17H2,1H3,(H,31,32)/b9-8+. The summed E-state index contributed by atoms with van der Waals surface area (Å²) < 4.78 is 16.8. The molecule has 1 amide bonds. The van der Waals surface area contributed by atoms with E-state index in [1.165, 1.54) is 30.3 Å². The molecule has 2 heterocycles. The summed E-state index contributed by atoms with van der Waals surface area (Å²) >= 11 is 1.55. The van der Waals surface area contributed by atoms with Crippen LogP contribution in [0.25, 0.3) is 16.5 Å². The molecule has 0 atom stereocenters. The van der Waals surface area contributed by atoms with E-state index in [-0.39, 0.29) is 23.9 Å². The number of hydrogen-bond donors (Lipinski definition) is 1. The van der Waals surface area contributed by atoms with Crippen molar-refractivity contribution in [1.82, 2.24) is 4.90 Å². The molecule has 1 aliphatic rings. The fourth-order valence-electron chi connectivity index (χ4n) is 3.71. The van der Waals surface area contributed by atoms with Gasteiger partial charge in [-0.3, -0.25) is 9.59 Å². The topological polar surface area (TPSA) is 102 Å². The fraction of sp³-hybridized carbons (Fsp3) is 0.222. The van der Waals surface area contributed by atoms with Gasteiger partial charge in [-0.1, -0.05) is 18.2 Å². The van der Waals surface area contributed by atoms with E-state index in [9.17, 15) is 14.4 Å². The van der Waals surface area contributed by atoms with Crippen LogP contribution in [0.1, 0.15) is 26.3 Å². The van der Waals surface area contributed by atoms with Crippen molar-refractivity contribution in [2.24, 2.45) is 0 Å². The number of allylic oxidation sites excluding steroid dienone is 1. The summed E-state index contributed by atoms with van der Waals surface area (Å²) in [7, 11) is 1.56. The molecule has 1 aromatic heterocycles. The second-order valence-electron chi connectivity index (χ2n) is 7.93. The van der Waals surface area contributed by atoms with Gasteiger partial charge < -0.3 is 24.2 Å². The molecular weight excluding hydrogens is 482 g/mol. The summed E-state index contributed by atoms with van der Waals surface area (Å²) in [5, 5.41) is 11.0. The van der Waals surface area contributed by atoms with Crippen LogP contribution in [-0.4, -0.2) is 67.7 Å². The summed E-state index contributed by atoms with van der Waals surface area (Å²) in [5.74, 6) is -0.518. The highest BCUT2D eigenvalue weighted by Crippen LogP contribution is 2.39. The number of carbonyl (C=O) groups is 3. The first-order valence-corrected chi connectivity index (χ1v) is 12.1. The van der Waals surface area contributed by atoms with Gasteiger partial charge in [-0.05, 0) is 41.8 Å². The third kappa shape index (κ3) is 5.99. The van der Waals surface area contributed by atoms with Crippen LogP contribution in [0.4, 0.5) is 0 Å². The van der Waals surface area contributed by atoms with Gasteiger partial charge in [0.1, 0.15) is 11.5 Å². The van der Waals surface area contributed by atoms with Crippen molar-refractivity contribution in [1.29, 1.82) is 0 Å². The van der Waals surface area contributed by atoms with Gasteiger partial charge in [0.05, 0.1) is 25.9 Å². The Morgan fingerprint density at radius 1 is 1.06 bits per heavy atom. The maximum absolute atomic E-state index is 12.7. The first-order chi connectivity index (χ1) is 17.5. The Bertz CT molecular complexity index is 1260. The number of ether oxygens (including phenoxy) is 3. The van der Waals surface area contributed by atoms with Crippen LogP contribution in [0.5, 0.6) is 11.5 Å². The van der Waals surface area contributed by atoms with Crippen molar-refractivity contribution in [3.05, 3.63) is 76.7 Å². The Kier molecular flexibility index (Phi) is 8.14. The number of carbonyl (C=O) groups excluding carboxylic acids is 2. The molecule has 0 saturated carbocycles.